The monoisotopic (exact) mass is 317 g/mol. The molecule has 0 saturated carbocycles. The molecule has 126 valence electrons. The van der Waals surface area contributed by atoms with Gasteiger partial charge in [0.15, 0.2) is 0 Å². The molecule has 0 radical (unpaired) electrons. The maximum absolute atomic E-state index is 12.7. The quantitative estimate of drug-likeness (QED) is 0.748. The van der Waals surface area contributed by atoms with Crippen molar-refractivity contribution in [3.05, 3.63) is 34.9 Å². The van der Waals surface area contributed by atoms with E-state index in [1.165, 1.54) is 0 Å². The van der Waals surface area contributed by atoms with Crippen molar-refractivity contribution < 1.29 is 14.3 Å². The second-order valence-electron chi connectivity index (χ2n) is 7.08. The van der Waals surface area contributed by atoms with Crippen LogP contribution < -0.4 is 0 Å². The summed E-state index contributed by atoms with van der Waals surface area (Å²) >= 11 is 0. The molecule has 4 nitrogen and oxygen atoms in total. The molecular weight excluding hydrogens is 290 g/mol. The van der Waals surface area contributed by atoms with Gasteiger partial charge in [0.05, 0.1) is 13.0 Å². The fourth-order valence-corrected chi connectivity index (χ4v) is 2.96. The summed E-state index contributed by atoms with van der Waals surface area (Å²) in [6, 6.07) is 0. The minimum atomic E-state index is -0.211. The average molecular weight is 317 g/mol. The minimum Gasteiger partial charge on any atom is -0.466 e. The summed E-state index contributed by atoms with van der Waals surface area (Å²) in [5.41, 5.74) is 2.63. The summed E-state index contributed by atoms with van der Waals surface area (Å²) < 4.78 is 5.07. The number of amides is 1. The summed E-state index contributed by atoms with van der Waals surface area (Å²) in [6.45, 7) is 8.96. The van der Waals surface area contributed by atoms with Crippen LogP contribution in [-0.2, 0) is 14.3 Å². The average Bonchev–Trinajstić information content (AvgIpc) is 2.79. The number of esters is 1. The van der Waals surface area contributed by atoms with Gasteiger partial charge in [-0.25, -0.2) is 0 Å². The first-order chi connectivity index (χ1) is 10.8. The Morgan fingerprint density at radius 1 is 1.35 bits per heavy atom. The van der Waals surface area contributed by atoms with Gasteiger partial charge in [-0.1, -0.05) is 23.8 Å². The lowest BCUT2D eigenvalue weighted by molar-refractivity contribution is -0.142. The van der Waals surface area contributed by atoms with Crippen LogP contribution in [0.3, 0.4) is 0 Å². The molecule has 0 aromatic carbocycles. The largest absolute Gasteiger partial charge is 0.466 e. The smallest absolute Gasteiger partial charge is 0.309 e. The second-order valence-corrected chi connectivity index (χ2v) is 7.08. The standard InChI is InChI=1S/C19H27NO3/c1-5-23-17(21)12-14-9-7-6-8-10-16-15(11-14)13-20(18(16)22)19(2,3)4/h8,10-11H,5-7,9,12-13H2,1-4H3/b10-8-,14-11+. The van der Waals surface area contributed by atoms with Gasteiger partial charge in [-0.05, 0) is 52.5 Å². The zero-order valence-corrected chi connectivity index (χ0v) is 14.6. The number of allylic oxidation sites excluding steroid dienone is 1. The molecule has 1 amide bonds. The fourth-order valence-electron chi connectivity index (χ4n) is 2.96. The van der Waals surface area contributed by atoms with Gasteiger partial charge in [0.2, 0.25) is 0 Å². The van der Waals surface area contributed by atoms with Crippen LogP contribution in [0.1, 0.15) is 53.4 Å². The molecule has 0 bridgehead atoms. The molecule has 0 unspecified atom stereocenters. The van der Waals surface area contributed by atoms with Crippen LogP contribution in [0.25, 0.3) is 0 Å². The maximum Gasteiger partial charge on any atom is 0.309 e. The fraction of sp³-hybridized carbons (Fsp3) is 0.579. The lowest BCUT2D eigenvalue weighted by atomic mass is 10.0. The highest BCUT2D eigenvalue weighted by molar-refractivity contribution is 6.01. The van der Waals surface area contributed by atoms with Gasteiger partial charge >= 0.3 is 5.97 Å². The van der Waals surface area contributed by atoms with Crippen molar-refractivity contribution in [2.75, 3.05) is 13.2 Å². The molecule has 4 heteroatoms. The Hall–Kier alpha value is -1.84. The van der Waals surface area contributed by atoms with Crippen molar-refractivity contribution in [1.29, 1.82) is 0 Å². The van der Waals surface area contributed by atoms with Gasteiger partial charge in [-0.3, -0.25) is 9.59 Å². The van der Waals surface area contributed by atoms with Crippen LogP contribution in [0.5, 0.6) is 0 Å². The molecular formula is C19H27NO3. The van der Waals surface area contributed by atoms with E-state index >= 15 is 0 Å². The zero-order chi connectivity index (χ0) is 17.0. The lowest BCUT2D eigenvalue weighted by Crippen LogP contribution is -2.43. The third-order valence-electron chi connectivity index (χ3n) is 4.17. The molecule has 0 fully saturated rings. The summed E-state index contributed by atoms with van der Waals surface area (Å²) in [5.74, 6) is -0.109. The Labute approximate surface area is 138 Å². The number of carbonyl (C=O) groups excluding carboxylic acids is 2. The second kappa shape index (κ2) is 7.16. The van der Waals surface area contributed by atoms with Crippen molar-refractivity contribution in [3.8, 4) is 0 Å². The van der Waals surface area contributed by atoms with Crippen LogP contribution >= 0.6 is 0 Å². The Morgan fingerprint density at radius 2 is 2.09 bits per heavy atom. The van der Waals surface area contributed by atoms with Gasteiger partial charge in [-0.2, -0.15) is 0 Å². The normalized spacial score (nSPS) is 22.7. The molecule has 1 aliphatic carbocycles. The molecule has 1 aliphatic heterocycles. The van der Waals surface area contributed by atoms with Crippen LogP contribution in [0.4, 0.5) is 0 Å². The number of rotatable bonds is 3. The van der Waals surface area contributed by atoms with Gasteiger partial charge in [-0.15, -0.1) is 0 Å². The first kappa shape index (κ1) is 17.5. The molecule has 0 atom stereocenters. The van der Waals surface area contributed by atoms with Crippen molar-refractivity contribution in [3.63, 3.8) is 0 Å². The number of hydrogen-bond acceptors (Lipinski definition) is 3. The molecule has 0 spiro atoms. The van der Waals surface area contributed by atoms with E-state index in [2.05, 4.69) is 6.08 Å². The molecule has 0 aromatic heterocycles. The Balaban J connectivity index is 2.29. The highest BCUT2D eigenvalue weighted by Crippen LogP contribution is 2.30. The molecule has 2 rings (SSSR count). The lowest BCUT2D eigenvalue weighted by Gasteiger charge is -2.32. The van der Waals surface area contributed by atoms with Crippen molar-refractivity contribution in [2.45, 2.75) is 58.9 Å². The summed E-state index contributed by atoms with van der Waals surface area (Å²) in [4.78, 5) is 26.4. The molecule has 23 heavy (non-hydrogen) atoms. The van der Waals surface area contributed by atoms with Crippen molar-refractivity contribution in [1.82, 2.24) is 4.90 Å². The Kier molecular flexibility index (Phi) is 5.45. The number of carbonyl (C=O) groups is 2. The third-order valence-corrected chi connectivity index (χ3v) is 4.17. The highest BCUT2D eigenvalue weighted by atomic mass is 16.5. The molecule has 2 aliphatic rings. The predicted molar refractivity (Wildman–Crippen MR) is 90.8 cm³/mol. The van der Waals surface area contributed by atoms with Gasteiger partial charge < -0.3 is 9.64 Å². The third kappa shape index (κ3) is 4.34. The van der Waals surface area contributed by atoms with Crippen LogP contribution in [0.15, 0.2) is 34.9 Å². The van der Waals surface area contributed by atoms with Gasteiger partial charge in [0, 0.05) is 17.7 Å². The van der Waals surface area contributed by atoms with E-state index in [1.54, 1.807) is 0 Å². The Bertz CT molecular complexity index is 576. The topological polar surface area (TPSA) is 46.6 Å². The minimum absolute atomic E-state index is 0.0809. The van der Waals surface area contributed by atoms with Crippen LogP contribution in [0.2, 0.25) is 0 Å². The van der Waals surface area contributed by atoms with Crippen molar-refractivity contribution >= 4 is 11.9 Å². The summed E-state index contributed by atoms with van der Waals surface area (Å²) in [5, 5.41) is 0. The van der Waals surface area contributed by atoms with Gasteiger partial charge in [0.25, 0.3) is 5.91 Å². The van der Waals surface area contributed by atoms with Crippen LogP contribution in [-0.4, -0.2) is 35.5 Å². The van der Waals surface area contributed by atoms with Crippen LogP contribution in [0, 0.1) is 0 Å². The van der Waals surface area contributed by atoms with E-state index in [1.807, 2.05) is 44.7 Å². The van der Waals surface area contributed by atoms with E-state index in [-0.39, 0.29) is 17.4 Å². The summed E-state index contributed by atoms with van der Waals surface area (Å²) in [7, 11) is 0. The first-order valence-electron chi connectivity index (χ1n) is 8.39. The SMILES string of the molecule is CCOC(=O)C/C1=C/C2=C(/C=C\CCC1)C(=O)N(C(C)(C)C)C2. The van der Waals surface area contributed by atoms with Crippen molar-refractivity contribution in [2.24, 2.45) is 0 Å². The molecule has 1 heterocycles. The summed E-state index contributed by atoms with van der Waals surface area (Å²) in [6.07, 6.45) is 9.15. The van der Waals surface area contributed by atoms with E-state index in [9.17, 15) is 9.59 Å². The molecule has 0 saturated heterocycles. The number of ether oxygens (including phenoxy) is 1. The van der Waals surface area contributed by atoms with E-state index in [0.717, 1.165) is 36.0 Å². The highest BCUT2D eigenvalue weighted by Gasteiger charge is 2.35. The van der Waals surface area contributed by atoms with E-state index in [0.29, 0.717) is 19.6 Å². The van der Waals surface area contributed by atoms with Gasteiger partial charge in [0.1, 0.15) is 0 Å². The Morgan fingerprint density at radius 3 is 2.74 bits per heavy atom. The van der Waals surface area contributed by atoms with E-state index in [4.69, 9.17) is 4.74 Å². The molecule has 0 aromatic rings. The number of hydrogen-bond donors (Lipinski definition) is 0. The maximum atomic E-state index is 12.7. The zero-order valence-electron chi connectivity index (χ0n) is 14.6. The number of nitrogens with zero attached hydrogens (tertiary/aromatic N) is 1. The predicted octanol–water partition coefficient (Wildman–Crippen LogP) is 3.54. The van der Waals surface area contributed by atoms with E-state index < -0.39 is 0 Å². The first-order valence-corrected chi connectivity index (χ1v) is 8.39. The molecule has 0 N–H and O–H groups in total.